The normalized spacial score (nSPS) is 16.3. The van der Waals surface area contributed by atoms with Crippen LogP contribution in [0.2, 0.25) is 0 Å². The highest BCUT2D eigenvalue weighted by Gasteiger charge is 2.28. The van der Waals surface area contributed by atoms with Crippen LogP contribution in [0.4, 0.5) is 4.39 Å². The number of carbonyl (C=O) groups is 2. The number of halogens is 1. The molecule has 0 bridgehead atoms. The number of carbonyl (C=O) groups excluding carboxylic acids is 2. The number of aryl methyl sites for hydroxylation is 1. The Kier molecular flexibility index (Phi) is 6.92. The summed E-state index contributed by atoms with van der Waals surface area (Å²) in [5.41, 5.74) is 4.71. The van der Waals surface area contributed by atoms with E-state index in [1.807, 2.05) is 49.1 Å². The molecule has 0 spiro atoms. The smallest absolute Gasteiger partial charge is 0.269 e. The Balaban J connectivity index is 1.60. The van der Waals surface area contributed by atoms with Crippen LogP contribution >= 0.6 is 11.9 Å². The number of hydrogen-bond donors (Lipinski definition) is 2. The van der Waals surface area contributed by atoms with Gasteiger partial charge in [0, 0.05) is 24.3 Å². The zero-order chi connectivity index (χ0) is 21.0. The Morgan fingerprint density at radius 3 is 2.59 bits per heavy atom. The number of rotatable bonds is 6. The molecule has 2 aromatic rings. The Hall–Kier alpha value is -2.38. The topological polar surface area (TPSA) is 61.4 Å². The van der Waals surface area contributed by atoms with Gasteiger partial charge in [-0.2, -0.15) is 4.83 Å². The summed E-state index contributed by atoms with van der Waals surface area (Å²) in [5, 5.41) is 0.181. The molecule has 0 aromatic heterocycles. The molecule has 2 amide bonds. The average Bonchev–Trinajstić information content (AvgIpc) is 3.18. The van der Waals surface area contributed by atoms with Gasteiger partial charge in [-0.05, 0) is 42.2 Å². The summed E-state index contributed by atoms with van der Waals surface area (Å²) < 4.78 is 14.6. The minimum Gasteiger partial charge on any atom is -0.341 e. The Labute approximate surface area is 175 Å². The van der Waals surface area contributed by atoms with Crippen LogP contribution in [0.1, 0.15) is 36.2 Å². The zero-order valence-electron chi connectivity index (χ0n) is 16.9. The molecule has 29 heavy (non-hydrogen) atoms. The van der Waals surface area contributed by atoms with Crippen LogP contribution in [0.15, 0.2) is 42.5 Å². The summed E-state index contributed by atoms with van der Waals surface area (Å²) in [6.45, 7) is 6.79. The number of benzene rings is 2. The van der Waals surface area contributed by atoms with Crippen LogP contribution in [-0.4, -0.2) is 35.1 Å². The van der Waals surface area contributed by atoms with Gasteiger partial charge in [0.2, 0.25) is 5.91 Å². The van der Waals surface area contributed by atoms with E-state index in [-0.39, 0.29) is 22.6 Å². The molecule has 0 radical (unpaired) electrons. The van der Waals surface area contributed by atoms with Gasteiger partial charge in [0.05, 0.1) is 5.56 Å². The van der Waals surface area contributed by atoms with Crippen molar-refractivity contribution in [3.63, 3.8) is 0 Å². The molecule has 0 aliphatic carbocycles. The van der Waals surface area contributed by atoms with E-state index in [0.717, 1.165) is 24.1 Å². The van der Waals surface area contributed by atoms with Gasteiger partial charge in [-0.3, -0.25) is 15.0 Å². The number of nitrogens with one attached hydrogen (secondary N) is 2. The summed E-state index contributed by atoms with van der Waals surface area (Å²) >= 11 is 1.35. The van der Waals surface area contributed by atoms with E-state index >= 15 is 0 Å². The highest BCUT2D eigenvalue weighted by molar-refractivity contribution is 7.98. The van der Waals surface area contributed by atoms with Gasteiger partial charge in [-0.15, -0.1) is 0 Å². The second kappa shape index (κ2) is 9.41. The first-order valence-corrected chi connectivity index (χ1v) is 10.6. The summed E-state index contributed by atoms with van der Waals surface area (Å²) in [6.07, 6.45) is 0.850. The fraction of sp³-hybridized carbons (Fsp3) is 0.364. The fourth-order valence-corrected chi connectivity index (χ4v) is 4.14. The Bertz CT molecular complexity index is 889. The molecule has 5 nitrogen and oxygen atoms in total. The zero-order valence-corrected chi connectivity index (χ0v) is 17.7. The van der Waals surface area contributed by atoms with E-state index in [1.165, 1.54) is 11.9 Å². The minimum absolute atomic E-state index is 0.0000120. The first kappa shape index (κ1) is 21.3. The molecule has 2 aromatic carbocycles. The van der Waals surface area contributed by atoms with E-state index in [1.54, 1.807) is 19.1 Å². The maximum atomic E-state index is 14.6. The second-order valence-electron chi connectivity index (χ2n) is 7.54. The highest BCUT2D eigenvalue weighted by Crippen LogP contribution is 2.25. The maximum absolute atomic E-state index is 14.6. The van der Waals surface area contributed by atoms with Crippen molar-refractivity contribution in [3.05, 3.63) is 59.4 Å². The predicted molar refractivity (Wildman–Crippen MR) is 115 cm³/mol. The van der Waals surface area contributed by atoms with E-state index in [4.69, 9.17) is 0 Å². The van der Waals surface area contributed by atoms with Crippen molar-refractivity contribution in [1.82, 2.24) is 15.2 Å². The first-order valence-electron chi connectivity index (χ1n) is 9.72. The van der Waals surface area contributed by atoms with Crippen LogP contribution in [0.3, 0.4) is 0 Å². The van der Waals surface area contributed by atoms with Gasteiger partial charge < -0.3 is 4.90 Å². The number of amides is 2. The van der Waals surface area contributed by atoms with Crippen molar-refractivity contribution in [1.29, 1.82) is 0 Å². The van der Waals surface area contributed by atoms with E-state index in [0.29, 0.717) is 12.1 Å². The van der Waals surface area contributed by atoms with E-state index < -0.39 is 11.7 Å². The van der Waals surface area contributed by atoms with E-state index in [2.05, 4.69) is 10.3 Å². The van der Waals surface area contributed by atoms with Crippen molar-refractivity contribution < 1.29 is 14.0 Å². The van der Waals surface area contributed by atoms with Gasteiger partial charge in [0.15, 0.2) is 0 Å². The molecule has 154 valence electrons. The van der Waals surface area contributed by atoms with Crippen molar-refractivity contribution in [2.75, 3.05) is 13.1 Å². The lowest BCUT2D eigenvalue weighted by Crippen LogP contribution is -2.36. The molecule has 1 aliphatic heterocycles. The molecule has 0 saturated carbocycles. The SMILES string of the molecule is Cc1cc(-c2ccccc2)cc(C(=O)NNSC2CCN(C(=O)C(C)C)C2)c1F. The number of hydrazine groups is 1. The van der Waals surface area contributed by atoms with Crippen LogP contribution in [0.25, 0.3) is 11.1 Å². The van der Waals surface area contributed by atoms with Crippen LogP contribution in [-0.2, 0) is 4.79 Å². The summed E-state index contributed by atoms with van der Waals surface area (Å²) in [5.74, 6) is -0.922. The lowest BCUT2D eigenvalue weighted by atomic mass is 9.99. The molecule has 2 N–H and O–H groups in total. The van der Waals surface area contributed by atoms with Crippen LogP contribution < -0.4 is 10.3 Å². The largest absolute Gasteiger partial charge is 0.341 e. The maximum Gasteiger partial charge on any atom is 0.269 e. The van der Waals surface area contributed by atoms with Crippen LogP contribution in [0, 0.1) is 18.7 Å². The number of nitrogens with zero attached hydrogens (tertiary/aromatic N) is 1. The Morgan fingerprint density at radius 1 is 1.17 bits per heavy atom. The standard InChI is InChI=1S/C22H26FN3O2S/c1-14(2)22(28)26-10-9-18(13-26)29-25-24-21(27)19-12-17(11-15(3)20(19)23)16-7-5-4-6-8-16/h4-8,11-12,14,18,25H,9-10,13H2,1-3H3,(H,24,27). The van der Waals surface area contributed by atoms with Crippen molar-refractivity contribution in [2.24, 2.45) is 5.92 Å². The quantitative estimate of drug-likeness (QED) is 0.554. The molecule has 1 atom stereocenters. The summed E-state index contributed by atoms with van der Waals surface area (Å²) in [4.78, 5) is 29.3. The monoisotopic (exact) mass is 415 g/mol. The van der Waals surface area contributed by atoms with Gasteiger partial charge >= 0.3 is 0 Å². The van der Waals surface area contributed by atoms with Gasteiger partial charge in [-0.1, -0.05) is 56.1 Å². The molecule has 1 unspecified atom stereocenters. The van der Waals surface area contributed by atoms with Crippen molar-refractivity contribution in [2.45, 2.75) is 32.4 Å². The van der Waals surface area contributed by atoms with E-state index in [9.17, 15) is 14.0 Å². The minimum atomic E-state index is -0.524. The van der Waals surface area contributed by atoms with Crippen LogP contribution in [0.5, 0.6) is 0 Å². The van der Waals surface area contributed by atoms with Gasteiger partial charge in [0.1, 0.15) is 5.82 Å². The number of hydrogen-bond acceptors (Lipinski definition) is 4. The lowest BCUT2D eigenvalue weighted by Gasteiger charge is -2.18. The molecule has 1 aliphatic rings. The third kappa shape index (κ3) is 5.16. The van der Waals surface area contributed by atoms with Crippen molar-refractivity contribution >= 4 is 23.8 Å². The van der Waals surface area contributed by atoms with Gasteiger partial charge in [-0.25, -0.2) is 4.39 Å². The fourth-order valence-electron chi connectivity index (χ4n) is 3.35. The number of likely N-dealkylation sites (tertiary alicyclic amines) is 1. The molecule has 7 heteroatoms. The third-order valence-corrected chi connectivity index (χ3v) is 5.89. The molecule has 3 rings (SSSR count). The Morgan fingerprint density at radius 2 is 1.90 bits per heavy atom. The highest BCUT2D eigenvalue weighted by atomic mass is 32.2. The van der Waals surface area contributed by atoms with Gasteiger partial charge in [0.25, 0.3) is 5.91 Å². The van der Waals surface area contributed by atoms with Crippen molar-refractivity contribution in [3.8, 4) is 11.1 Å². The third-order valence-electron chi connectivity index (χ3n) is 4.95. The second-order valence-corrected chi connectivity index (χ2v) is 8.65. The summed E-state index contributed by atoms with van der Waals surface area (Å²) in [7, 11) is 0. The molecule has 1 saturated heterocycles. The molecular weight excluding hydrogens is 389 g/mol. The summed E-state index contributed by atoms with van der Waals surface area (Å²) in [6, 6.07) is 12.9. The first-order chi connectivity index (χ1) is 13.9. The molecule has 1 fully saturated rings. The molecular formula is C22H26FN3O2S. The predicted octanol–water partition coefficient (Wildman–Crippen LogP) is 3.94. The average molecular weight is 416 g/mol. The lowest BCUT2D eigenvalue weighted by molar-refractivity contribution is -0.133. The molecule has 1 heterocycles.